The van der Waals surface area contributed by atoms with Gasteiger partial charge >= 0.3 is 5.69 Å². The Labute approximate surface area is 164 Å². The summed E-state index contributed by atoms with van der Waals surface area (Å²) in [5.41, 5.74) is -0.303. The predicted molar refractivity (Wildman–Crippen MR) is 107 cm³/mol. The highest BCUT2D eigenvalue weighted by molar-refractivity contribution is 7.98. The van der Waals surface area contributed by atoms with E-state index in [0.29, 0.717) is 29.3 Å². The van der Waals surface area contributed by atoms with Gasteiger partial charge in [0.15, 0.2) is 11.2 Å². The van der Waals surface area contributed by atoms with E-state index >= 15 is 0 Å². The Kier molecular flexibility index (Phi) is 6.02. The summed E-state index contributed by atoms with van der Waals surface area (Å²) in [6.07, 6.45) is 1.68. The van der Waals surface area contributed by atoms with Crippen LogP contribution >= 0.6 is 11.8 Å². The number of unbranched alkanes of at least 4 members (excludes halogenated alkanes) is 1. The number of hydrogen-bond donors (Lipinski definition) is 1. The Hall–Kier alpha value is -2.42. The number of halogens is 2. The van der Waals surface area contributed by atoms with Crippen LogP contribution < -0.4 is 11.2 Å². The fraction of sp³-hybridized carbons (Fsp3) is 0.421. The lowest BCUT2D eigenvalue weighted by molar-refractivity contribution is 0.557. The summed E-state index contributed by atoms with van der Waals surface area (Å²) in [7, 11) is 1.70. The second kappa shape index (κ2) is 8.30. The van der Waals surface area contributed by atoms with Gasteiger partial charge < -0.3 is 4.57 Å². The molecule has 0 aliphatic carbocycles. The largest absolute Gasteiger partial charge is 0.330 e. The third-order valence-corrected chi connectivity index (χ3v) is 5.87. The molecule has 150 valence electrons. The SMILES string of the molecule is CCCCn1c(=O)[nH]c(=O)c2c1nc(CSC(C)c1c(F)cccc1F)n2C. The molecule has 0 saturated carbocycles. The highest BCUT2D eigenvalue weighted by atomic mass is 32.2. The van der Waals surface area contributed by atoms with Gasteiger partial charge in [-0.1, -0.05) is 19.4 Å². The molecule has 1 aromatic carbocycles. The van der Waals surface area contributed by atoms with E-state index in [2.05, 4.69) is 9.97 Å². The van der Waals surface area contributed by atoms with Crippen LogP contribution in [0, 0.1) is 11.6 Å². The number of benzene rings is 1. The first-order chi connectivity index (χ1) is 13.3. The van der Waals surface area contributed by atoms with Crippen LogP contribution in [0.1, 0.15) is 43.3 Å². The fourth-order valence-electron chi connectivity index (χ4n) is 3.13. The zero-order chi connectivity index (χ0) is 20.4. The Morgan fingerprint density at radius 2 is 1.93 bits per heavy atom. The number of hydrogen-bond acceptors (Lipinski definition) is 4. The van der Waals surface area contributed by atoms with Crippen LogP contribution in [-0.4, -0.2) is 19.1 Å². The molecule has 3 aromatic rings. The molecule has 28 heavy (non-hydrogen) atoms. The van der Waals surface area contributed by atoms with E-state index in [0.717, 1.165) is 12.8 Å². The van der Waals surface area contributed by atoms with Crippen LogP contribution in [0.2, 0.25) is 0 Å². The maximum atomic E-state index is 14.0. The van der Waals surface area contributed by atoms with Crippen LogP contribution in [0.25, 0.3) is 11.2 Å². The maximum Gasteiger partial charge on any atom is 0.330 e. The van der Waals surface area contributed by atoms with E-state index in [4.69, 9.17) is 0 Å². The molecular formula is C19H22F2N4O2S. The molecule has 1 unspecified atom stereocenters. The van der Waals surface area contributed by atoms with E-state index in [1.54, 1.807) is 18.5 Å². The molecule has 2 heterocycles. The summed E-state index contributed by atoms with van der Waals surface area (Å²) in [6, 6.07) is 3.80. The molecule has 6 nitrogen and oxygen atoms in total. The van der Waals surface area contributed by atoms with Crippen molar-refractivity contribution in [1.82, 2.24) is 19.1 Å². The van der Waals surface area contributed by atoms with Crippen molar-refractivity contribution < 1.29 is 8.78 Å². The Morgan fingerprint density at radius 3 is 2.57 bits per heavy atom. The highest BCUT2D eigenvalue weighted by Crippen LogP contribution is 2.34. The van der Waals surface area contributed by atoms with Crippen LogP contribution in [0.5, 0.6) is 0 Å². The normalized spacial score (nSPS) is 12.6. The van der Waals surface area contributed by atoms with Crippen molar-refractivity contribution in [3.8, 4) is 0 Å². The van der Waals surface area contributed by atoms with Gasteiger partial charge in [0.2, 0.25) is 0 Å². The third-order valence-electron chi connectivity index (χ3n) is 4.71. The Bertz CT molecular complexity index is 1100. The van der Waals surface area contributed by atoms with Gasteiger partial charge in [-0.3, -0.25) is 14.3 Å². The molecular weight excluding hydrogens is 386 g/mol. The molecule has 0 bridgehead atoms. The number of aromatic amines is 1. The van der Waals surface area contributed by atoms with E-state index < -0.39 is 28.1 Å². The second-order valence-electron chi connectivity index (χ2n) is 6.61. The zero-order valence-electron chi connectivity index (χ0n) is 16.0. The lowest BCUT2D eigenvalue weighted by atomic mass is 10.1. The molecule has 1 atom stereocenters. The highest BCUT2D eigenvalue weighted by Gasteiger charge is 2.20. The number of aromatic nitrogens is 4. The lowest BCUT2D eigenvalue weighted by Gasteiger charge is -2.13. The van der Waals surface area contributed by atoms with Crippen molar-refractivity contribution in [1.29, 1.82) is 0 Å². The molecule has 0 aliphatic heterocycles. The maximum absolute atomic E-state index is 14.0. The second-order valence-corrected chi connectivity index (χ2v) is 7.94. The molecule has 0 spiro atoms. The van der Waals surface area contributed by atoms with Gasteiger partial charge in [-0.2, -0.15) is 0 Å². The van der Waals surface area contributed by atoms with Crippen molar-refractivity contribution >= 4 is 22.9 Å². The van der Waals surface area contributed by atoms with Gasteiger partial charge in [-0.25, -0.2) is 18.6 Å². The summed E-state index contributed by atoms with van der Waals surface area (Å²) in [4.78, 5) is 31.3. The number of nitrogens with one attached hydrogen (secondary N) is 1. The first kappa shape index (κ1) is 20.3. The fourth-order valence-corrected chi connectivity index (χ4v) is 4.18. The van der Waals surface area contributed by atoms with Crippen molar-refractivity contribution in [2.24, 2.45) is 7.05 Å². The van der Waals surface area contributed by atoms with Crippen LogP contribution in [0.15, 0.2) is 27.8 Å². The Morgan fingerprint density at radius 1 is 1.25 bits per heavy atom. The van der Waals surface area contributed by atoms with Crippen LogP contribution in [-0.2, 0) is 19.3 Å². The van der Waals surface area contributed by atoms with Gasteiger partial charge in [0.05, 0.1) is 5.75 Å². The molecule has 0 fully saturated rings. The minimum absolute atomic E-state index is 0.0176. The zero-order valence-corrected chi connectivity index (χ0v) is 16.8. The topological polar surface area (TPSA) is 72.7 Å². The van der Waals surface area contributed by atoms with Crippen molar-refractivity contribution in [3.05, 3.63) is 62.1 Å². The van der Waals surface area contributed by atoms with Crippen LogP contribution in [0.3, 0.4) is 0 Å². The average Bonchev–Trinajstić information content (AvgIpc) is 2.96. The molecule has 2 aromatic heterocycles. The number of H-pyrrole nitrogens is 1. The number of thioether (sulfide) groups is 1. The van der Waals surface area contributed by atoms with E-state index in [9.17, 15) is 18.4 Å². The summed E-state index contributed by atoms with van der Waals surface area (Å²) in [6.45, 7) is 4.19. The summed E-state index contributed by atoms with van der Waals surface area (Å²) in [5.74, 6) is -0.281. The third kappa shape index (κ3) is 3.76. The minimum atomic E-state index is -0.588. The number of imidazole rings is 1. The van der Waals surface area contributed by atoms with Crippen LogP contribution in [0.4, 0.5) is 8.78 Å². The van der Waals surface area contributed by atoms with Crippen molar-refractivity contribution in [2.75, 3.05) is 0 Å². The van der Waals surface area contributed by atoms with Crippen molar-refractivity contribution in [2.45, 2.75) is 44.2 Å². The predicted octanol–water partition coefficient (Wildman–Crippen LogP) is 3.50. The van der Waals surface area contributed by atoms with Gasteiger partial charge in [0.1, 0.15) is 17.5 Å². The van der Waals surface area contributed by atoms with E-state index in [-0.39, 0.29) is 5.56 Å². The number of aryl methyl sites for hydroxylation is 2. The quantitative estimate of drug-likeness (QED) is 0.650. The van der Waals surface area contributed by atoms with Crippen molar-refractivity contribution in [3.63, 3.8) is 0 Å². The van der Waals surface area contributed by atoms with Gasteiger partial charge in [-0.15, -0.1) is 11.8 Å². The van der Waals surface area contributed by atoms with E-state index in [1.165, 1.54) is 34.5 Å². The summed E-state index contributed by atoms with van der Waals surface area (Å²) in [5, 5.41) is -0.443. The number of nitrogens with zero attached hydrogens (tertiary/aromatic N) is 3. The summed E-state index contributed by atoms with van der Waals surface area (Å²) < 4.78 is 31.1. The van der Waals surface area contributed by atoms with Gasteiger partial charge in [0.25, 0.3) is 5.56 Å². The molecule has 0 radical (unpaired) electrons. The Balaban J connectivity index is 1.94. The van der Waals surface area contributed by atoms with E-state index in [1.807, 2.05) is 6.92 Å². The molecule has 0 amide bonds. The molecule has 1 N–H and O–H groups in total. The van der Waals surface area contributed by atoms with Gasteiger partial charge in [-0.05, 0) is 25.5 Å². The number of rotatable bonds is 7. The first-order valence-electron chi connectivity index (χ1n) is 9.09. The smallest absolute Gasteiger partial charge is 0.325 e. The average molecular weight is 408 g/mol. The standard InChI is InChI=1S/C19H22F2N4O2S/c1-4-5-9-25-17-16(18(26)23-19(25)27)24(3)14(22-17)10-28-11(2)15-12(20)7-6-8-13(15)21/h6-8,11H,4-5,9-10H2,1-3H3,(H,23,26,27). The molecule has 3 rings (SSSR count). The summed E-state index contributed by atoms with van der Waals surface area (Å²) >= 11 is 1.31. The first-order valence-corrected chi connectivity index (χ1v) is 10.1. The minimum Gasteiger partial charge on any atom is -0.325 e. The van der Waals surface area contributed by atoms with Gasteiger partial charge in [0, 0.05) is 24.4 Å². The monoisotopic (exact) mass is 408 g/mol. The number of fused-ring (bicyclic) bond motifs is 1. The molecule has 9 heteroatoms. The molecule has 0 saturated heterocycles. The molecule has 0 aliphatic rings. The lowest BCUT2D eigenvalue weighted by Crippen LogP contribution is -2.31.